The maximum absolute atomic E-state index is 10.7. The third-order valence-corrected chi connectivity index (χ3v) is 1.67. The molecule has 60 valence electrons. The Hall–Kier alpha value is -0.570. The molecule has 0 saturated carbocycles. The quantitative estimate of drug-likeness (QED) is 0.400. The van der Waals surface area contributed by atoms with Crippen molar-refractivity contribution in [3.05, 3.63) is 24.3 Å². The number of cyclic esters (lactones) is 1. The van der Waals surface area contributed by atoms with E-state index in [2.05, 4.69) is 15.9 Å². The van der Waals surface area contributed by atoms with Crippen LogP contribution in [0.2, 0.25) is 0 Å². The Morgan fingerprint density at radius 1 is 1.82 bits per heavy atom. The fourth-order valence-corrected chi connectivity index (χ4v) is 1.04. The molecule has 2 nitrogen and oxygen atoms in total. The van der Waals surface area contributed by atoms with Crippen molar-refractivity contribution in [2.24, 2.45) is 0 Å². The van der Waals surface area contributed by atoms with Gasteiger partial charge in [0.15, 0.2) is 0 Å². The fourth-order valence-electron chi connectivity index (χ4n) is 0.827. The van der Waals surface area contributed by atoms with Gasteiger partial charge in [-0.2, -0.15) is 0 Å². The first-order chi connectivity index (χ1) is 5.33. The molecular weight excluding hydrogens is 208 g/mol. The summed E-state index contributed by atoms with van der Waals surface area (Å²) in [5.41, 5.74) is 0. The molecule has 0 aromatic carbocycles. The summed E-state index contributed by atoms with van der Waals surface area (Å²) < 4.78 is 4.96. The van der Waals surface area contributed by atoms with Crippen molar-refractivity contribution in [3.8, 4) is 0 Å². The molecule has 1 rings (SSSR count). The van der Waals surface area contributed by atoms with E-state index in [1.807, 2.05) is 24.3 Å². The summed E-state index contributed by atoms with van der Waals surface area (Å²) in [6.45, 7) is 0. The van der Waals surface area contributed by atoms with Crippen molar-refractivity contribution >= 4 is 21.9 Å². The smallest absolute Gasteiger partial charge is 0.310 e. The van der Waals surface area contributed by atoms with Crippen LogP contribution in [0, 0.1) is 0 Å². The van der Waals surface area contributed by atoms with Crippen LogP contribution in [0.3, 0.4) is 0 Å². The van der Waals surface area contributed by atoms with E-state index in [-0.39, 0.29) is 12.1 Å². The standard InChI is InChI=1S/C8H9BrO2/c9-6-2-4-7-3-1-5-8(10)11-7/h1-4,7H,5-6H2/b4-2+. The predicted molar refractivity (Wildman–Crippen MR) is 46.6 cm³/mol. The van der Waals surface area contributed by atoms with E-state index in [4.69, 9.17) is 4.74 Å². The summed E-state index contributed by atoms with van der Waals surface area (Å²) in [5, 5.41) is 0.787. The first-order valence-electron chi connectivity index (χ1n) is 3.41. The number of hydrogen-bond acceptors (Lipinski definition) is 2. The van der Waals surface area contributed by atoms with E-state index in [0.717, 1.165) is 5.33 Å². The number of allylic oxidation sites excluding steroid dienone is 1. The number of halogens is 1. The van der Waals surface area contributed by atoms with Crippen LogP contribution in [0.4, 0.5) is 0 Å². The van der Waals surface area contributed by atoms with Gasteiger partial charge >= 0.3 is 5.97 Å². The lowest BCUT2D eigenvalue weighted by atomic mass is 10.2. The zero-order valence-electron chi connectivity index (χ0n) is 6.00. The minimum Gasteiger partial charge on any atom is -0.454 e. The minimum atomic E-state index is -0.159. The van der Waals surface area contributed by atoms with Gasteiger partial charge in [-0.15, -0.1) is 0 Å². The molecule has 0 aromatic heterocycles. The Kier molecular flexibility index (Phi) is 3.36. The number of esters is 1. The van der Waals surface area contributed by atoms with Gasteiger partial charge in [-0.05, 0) is 12.2 Å². The normalized spacial score (nSPS) is 24.1. The summed E-state index contributed by atoms with van der Waals surface area (Å²) >= 11 is 3.24. The second-order valence-corrected chi connectivity index (χ2v) is 2.82. The zero-order chi connectivity index (χ0) is 8.10. The van der Waals surface area contributed by atoms with Gasteiger partial charge in [0.05, 0.1) is 6.42 Å². The van der Waals surface area contributed by atoms with E-state index in [1.54, 1.807) is 0 Å². The van der Waals surface area contributed by atoms with Gasteiger partial charge in [0.1, 0.15) is 6.10 Å². The number of ether oxygens (including phenoxy) is 1. The summed E-state index contributed by atoms with van der Waals surface area (Å²) in [6, 6.07) is 0. The van der Waals surface area contributed by atoms with Gasteiger partial charge < -0.3 is 4.74 Å². The molecular formula is C8H9BrO2. The molecule has 0 spiro atoms. The highest BCUT2D eigenvalue weighted by Gasteiger charge is 2.11. The molecule has 1 aliphatic heterocycles. The molecule has 0 bridgehead atoms. The van der Waals surface area contributed by atoms with Crippen LogP contribution in [0.25, 0.3) is 0 Å². The summed E-state index contributed by atoms with van der Waals surface area (Å²) in [7, 11) is 0. The first kappa shape index (κ1) is 8.53. The van der Waals surface area contributed by atoms with Crippen LogP contribution in [0.1, 0.15) is 6.42 Å². The Balaban J connectivity index is 2.46. The molecule has 0 aliphatic carbocycles. The maximum Gasteiger partial charge on any atom is 0.310 e. The highest BCUT2D eigenvalue weighted by atomic mass is 79.9. The fraction of sp³-hybridized carbons (Fsp3) is 0.375. The van der Waals surface area contributed by atoms with E-state index >= 15 is 0 Å². The largest absolute Gasteiger partial charge is 0.454 e. The molecule has 11 heavy (non-hydrogen) atoms. The summed E-state index contributed by atoms with van der Waals surface area (Å²) in [5.74, 6) is -0.156. The monoisotopic (exact) mass is 216 g/mol. The Bertz CT molecular complexity index is 196. The van der Waals surface area contributed by atoms with Crippen LogP contribution in [-0.4, -0.2) is 17.4 Å². The van der Waals surface area contributed by atoms with Crippen molar-refractivity contribution < 1.29 is 9.53 Å². The Morgan fingerprint density at radius 2 is 2.64 bits per heavy atom. The highest BCUT2D eigenvalue weighted by Crippen LogP contribution is 2.06. The molecule has 0 radical (unpaired) electrons. The molecule has 3 heteroatoms. The van der Waals surface area contributed by atoms with Crippen molar-refractivity contribution in [1.29, 1.82) is 0 Å². The minimum absolute atomic E-state index is 0.156. The molecule has 0 N–H and O–H groups in total. The average molecular weight is 217 g/mol. The van der Waals surface area contributed by atoms with Crippen LogP contribution in [-0.2, 0) is 9.53 Å². The number of rotatable bonds is 2. The van der Waals surface area contributed by atoms with Gasteiger partial charge in [0.25, 0.3) is 0 Å². The van der Waals surface area contributed by atoms with E-state index < -0.39 is 0 Å². The van der Waals surface area contributed by atoms with Crippen molar-refractivity contribution in [1.82, 2.24) is 0 Å². The molecule has 0 aromatic rings. The maximum atomic E-state index is 10.7. The molecule has 0 saturated heterocycles. The molecule has 0 amide bonds. The van der Waals surface area contributed by atoms with Crippen LogP contribution >= 0.6 is 15.9 Å². The van der Waals surface area contributed by atoms with Gasteiger partial charge in [-0.3, -0.25) is 4.79 Å². The highest BCUT2D eigenvalue weighted by molar-refractivity contribution is 9.09. The van der Waals surface area contributed by atoms with Gasteiger partial charge in [0, 0.05) is 5.33 Å². The van der Waals surface area contributed by atoms with Gasteiger partial charge in [-0.25, -0.2) is 0 Å². The molecule has 1 aliphatic rings. The molecule has 1 atom stereocenters. The summed E-state index contributed by atoms with van der Waals surface area (Å²) in [6.07, 6.45) is 7.71. The number of carbonyl (C=O) groups is 1. The zero-order valence-corrected chi connectivity index (χ0v) is 7.58. The number of alkyl halides is 1. The third-order valence-electron chi connectivity index (χ3n) is 1.29. The molecule has 1 unspecified atom stereocenters. The van der Waals surface area contributed by atoms with Gasteiger partial charge in [0.2, 0.25) is 0 Å². The third kappa shape index (κ3) is 2.89. The van der Waals surface area contributed by atoms with Crippen LogP contribution in [0.15, 0.2) is 24.3 Å². The van der Waals surface area contributed by atoms with E-state index in [9.17, 15) is 4.79 Å². The number of carbonyl (C=O) groups excluding carboxylic acids is 1. The number of hydrogen-bond donors (Lipinski definition) is 0. The Morgan fingerprint density at radius 3 is 3.27 bits per heavy atom. The lowest BCUT2D eigenvalue weighted by molar-refractivity contribution is -0.144. The average Bonchev–Trinajstić information content (AvgIpc) is 2.01. The second-order valence-electron chi connectivity index (χ2n) is 2.17. The van der Waals surface area contributed by atoms with Gasteiger partial charge in [-0.1, -0.05) is 28.1 Å². The van der Waals surface area contributed by atoms with Crippen molar-refractivity contribution in [2.45, 2.75) is 12.5 Å². The van der Waals surface area contributed by atoms with E-state index in [0.29, 0.717) is 6.42 Å². The first-order valence-corrected chi connectivity index (χ1v) is 4.54. The predicted octanol–water partition coefficient (Wildman–Crippen LogP) is 1.81. The van der Waals surface area contributed by atoms with Crippen molar-refractivity contribution in [3.63, 3.8) is 0 Å². The second kappa shape index (κ2) is 4.34. The lowest BCUT2D eigenvalue weighted by Crippen LogP contribution is -2.16. The topological polar surface area (TPSA) is 26.3 Å². The van der Waals surface area contributed by atoms with Crippen LogP contribution < -0.4 is 0 Å². The SMILES string of the molecule is O=C1CC=CC(/C=C/CBr)O1. The van der Waals surface area contributed by atoms with E-state index in [1.165, 1.54) is 0 Å². The molecule has 1 heterocycles. The van der Waals surface area contributed by atoms with Crippen LogP contribution in [0.5, 0.6) is 0 Å². The lowest BCUT2D eigenvalue weighted by Gasteiger charge is -2.13. The summed E-state index contributed by atoms with van der Waals surface area (Å²) in [4.78, 5) is 10.7. The van der Waals surface area contributed by atoms with Crippen molar-refractivity contribution in [2.75, 3.05) is 5.33 Å². The molecule has 0 fully saturated rings. The Labute approximate surface area is 74.1 Å².